The Kier molecular flexibility index (Phi) is 9.04. The summed E-state index contributed by atoms with van der Waals surface area (Å²) < 4.78 is 5.71. The van der Waals surface area contributed by atoms with Gasteiger partial charge in [-0.1, -0.05) is 42.5 Å². The van der Waals surface area contributed by atoms with Crippen molar-refractivity contribution in [3.05, 3.63) is 89.6 Å². The molecular formula is C25H30N4O2. The van der Waals surface area contributed by atoms with E-state index in [-0.39, 0.29) is 5.91 Å². The summed E-state index contributed by atoms with van der Waals surface area (Å²) in [7, 11) is 0. The number of pyridine rings is 1. The summed E-state index contributed by atoms with van der Waals surface area (Å²) in [6, 6.07) is 21.2. The monoisotopic (exact) mass is 418 g/mol. The number of aromatic nitrogens is 1. The summed E-state index contributed by atoms with van der Waals surface area (Å²) in [5.41, 5.74) is 9.24. The summed E-state index contributed by atoms with van der Waals surface area (Å²) >= 11 is 0. The van der Waals surface area contributed by atoms with E-state index in [1.54, 1.807) is 18.3 Å². The molecule has 0 saturated carbocycles. The van der Waals surface area contributed by atoms with Gasteiger partial charge in [-0.15, -0.1) is 0 Å². The van der Waals surface area contributed by atoms with Crippen molar-refractivity contribution < 1.29 is 9.53 Å². The highest BCUT2D eigenvalue weighted by Gasteiger charge is 2.06. The van der Waals surface area contributed by atoms with Crippen molar-refractivity contribution in [1.29, 1.82) is 0 Å². The van der Waals surface area contributed by atoms with Crippen molar-refractivity contribution in [2.24, 2.45) is 0 Å². The van der Waals surface area contributed by atoms with Crippen molar-refractivity contribution >= 4 is 17.4 Å². The van der Waals surface area contributed by atoms with Crippen LogP contribution in [0, 0.1) is 0 Å². The van der Waals surface area contributed by atoms with Gasteiger partial charge >= 0.3 is 0 Å². The summed E-state index contributed by atoms with van der Waals surface area (Å²) in [5, 5.41) is 6.27. The van der Waals surface area contributed by atoms with Gasteiger partial charge in [0.2, 0.25) is 0 Å². The van der Waals surface area contributed by atoms with Gasteiger partial charge in [-0.3, -0.25) is 4.79 Å². The van der Waals surface area contributed by atoms with Gasteiger partial charge in [-0.05, 0) is 55.1 Å². The van der Waals surface area contributed by atoms with E-state index in [1.165, 1.54) is 5.56 Å². The zero-order valence-electron chi connectivity index (χ0n) is 17.7. The number of nitrogens with one attached hydrogen (secondary N) is 2. The molecule has 0 unspecified atom stereocenters. The van der Waals surface area contributed by atoms with E-state index in [1.807, 2.05) is 42.5 Å². The molecule has 4 N–H and O–H groups in total. The van der Waals surface area contributed by atoms with Crippen LogP contribution < -0.4 is 16.4 Å². The second-order valence-electron chi connectivity index (χ2n) is 7.40. The van der Waals surface area contributed by atoms with Crippen LogP contribution in [-0.2, 0) is 17.9 Å². The first-order chi connectivity index (χ1) is 15.2. The number of unbranched alkanes of at least 4 members (excludes halogenated alkanes) is 2. The molecule has 0 radical (unpaired) electrons. The van der Waals surface area contributed by atoms with Gasteiger partial charge in [-0.25, -0.2) is 4.98 Å². The maximum atomic E-state index is 12.3. The van der Waals surface area contributed by atoms with Gasteiger partial charge in [0.05, 0.1) is 6.61 Å². The third kappa shape index (κ3) is 8.20. The van der Waals surface area contributed by atoms with Gasteiger partial charge in [0.1, 0.15) is 5.82 Å². The molecule has 1 heterocycles. The number of ether oxygens (including phenoxy) is 1. The third-order valence-electron chi connectivity index (χ3n) is 4.84. The SMILES string of the molecule is Nc1cc(NC(=O)c2ccc(CNCCCCCOCc3ccccc3)cc2)ccn1. The molecule has 162 valence electrons. The third-order valence-corrected chi connectivity index (χ3v) is 4.84. The molecule has 0 fully saturated rings. The van der Waals surface area contributed by atoms with Gasteiger partial charge in [0.15, 0.2) is 0 Å². The van der Waals surface area contributed by atoms with E-state index in [0.717, 1.165) is 44.5 Å². The van der Waals surface area contributed by atoms with Crippen LogP contribution in [0.25, 0.3) is 0 Å². The van der Waals surface area contributed by atoms with Crippen LogP contribution in [-0.4, -0.2) is 24.0 Å². The maximum Gasteiger partial charge on any atom is 0.255 e. The molecule has 6 heteroatoms. The molecule has 0 aliphatic rings. The van der Waals surface area contributed by atoms with E-state index in [2.05, 4.69) is 27.8 Å². The summed E-state index contributed by atoms with van der Waals surface area (Å²) in [6.45, 7) is 3.23. The lowest BCUT2D eigenvalue weighted by Gasteiger charge is -2.08. The number of benzene rings is 2. The van der Waals surface area contributed by atoms with E-state index in [4.69, 9.17) is 10.5 Å². The van der Waals surface area contributed by atoms with Crippen molar-refractivity contribution in [2.75, 3.05) is 24.2 Å². The molecule has 0 aliphatic heterocycles. The van der Waals surface area contributed by atoms with Crippen molar-refractivity contribution in [1.82, 2.24) is 10.3 Å². The van der Waals surface area contributed by atoms with E-state index in [9.17, 15) is 4.79 Å². The molecule has 0 bridgehead atoms. The number of amides is 1. The molecule has 0 atom stereocenters. The first kappa shape index (κ1) is 22.5. The van der Waals surface area contributed by atoms with Gasteiger partial charge in [-0.2, -0.15) is 0 Å². The maximum absolute atomic E-state index is 12.3. The Morgan fingerprint density at radius 2 is 1.74 bits per heavy atom. The lowest BCUT2D eigenvalue weighted by molar-refractivity contribution is 0.102. The minimum Gasteiger partial charge on any atom is -0.384 e. The predicted octanol–water partition coefficient (Wildman–Crippen LogP) is 4.39. The number of hydrogen-bond donors (Lipinski definition) is 3. The second kappa shape index (κ2) is 12.5. The average molecular weight is 419 g/mol. The molecule has 2 aromatic carbocycles. The number of carbonyl (C=O) groups excluding carboxylic acids is 1. The molecule has 0 spiro atoms. The highest BCUT2D eigenvalue weighted by Crippen LogP contribution is 2.12. The standard InChI is InChI=1S/C25H30N4O2/c26-24-17-23(13-15-28-24)29-25(30)22-11-9-20(10-12-22)18-27-14-5-2-6-16-31-19-21-7-3-1-4-8-21/h1,3-4,7-13,15,17,27H,2,5-6,14,16,18-19H2,(H3,26,28,29,30). The smallest absolute Gasteiger partial charge is 0.255 e. The van der Waals surface area contributed by atoms with E-state index >= 15 is 0 Å². The molecule has 1 aromatic heterocycles. The summed E-state index contributed by atoms with van der Waals surface area (Å²) in [6.07, 6.45) is 4.89. The first-order valence-electron chi connectivity index (χ1n) is 10.6. The predicted molar refractivity (Wildman–Crippen MR) is 125 cm³/mol. The second-order valence-corrected chi connectivity index (χ2v) is 7.40. The molecule has 0 saturated heterocycles. The lowest BCUT2D eigenvalue weighted by atomic mass is 10.1. The molecule has 3 rings (SSSR count). The topological polar surface area (TPSA) is 89.3 Å². The molecular weight excluding hydrogens is 388 g/mol. The molecule has 31 heavy (non-hydrogen) atoms. The largest absolute Gasteiger partial charge is 0.384 e. The van der Waals surface area contributed by atoms with Gasteiger partial charge in [0, 0.05) is 36.7 Å². The van der Waals surface area contributed by atoms with Crippen LogP contribution in [0.15, 0.2) is 72.9 Å². The Bertz CT molecular complexity index is 930. The lowest BCUT2D eigenvalue weighted by Crippen LogP contribution is -2.15. The van der Waals surface area contributed by atoms with Crippen LogP contribution in [0.2, 0.25) is 0 Å². The van der Waals surface area contributed by atoms with Gasteiger partial charge in [0.25, 0.3) is 5.91 Å². The van der Waals surface area contributed by atoms with Crippen LogP contribution in [0.5, 0.6) is 0 Å². The summed E-state index contributed by atoms with van der Waals surface area (Å²) in [4.78, 5) is 16.2. The Morgan fingerprint density at radius 3 is 2.52 bits per heavy atom. The van der Waals surface area contributed by atoms with E-state index in [0.29, 0.717) is 23.7 Å². The van der Waals surface area contributed by atoms with Crippen LogP contribution in [0.1, 0.15) is 40.7 Å². The molecule has 1 amide bonds. The molecule has 3 aromatic rings. The molecule has 0 aliphatic carbocycles. The fraction of sp³-hybridized carbons (Fsp3) is 0.280. The van der Waals surface area contributed by atoms with Crippen molar-refractivity contribution in [3.63, 3.8) is 0 Å². The highest BCUT2D eigenvalue weighted by molar-refractivity contribution is 6.04. The number of carbonyl (C=O) groups is 1. The zero-order chi connectivity index (χ0) is 21.7. The highest BCUT2D eigenvalue weighted by atomic mass is 16.5. The fourth-order valence-electron chi connectivity index (χ4n) is 3.13. The Hall–Kier alpha value is -3.22. The average Bonchev–Trinajstić information content (AvgIpc) is 2.79. The fourth-order valence-corrected chi connectivity index (χ4v) is 3.13. The quantitative estimate of drug-likeness (QED) is 0.380. The number of nitrogens with zero attached hydrogens (tertiary/aromatic N) is 1. The number of nitrogens with two attached hydrogens (primary N) is 1. The summed E-state index contributed by atoms with van der Waals surface area (Å²) in [5.74, 6) is 0.207. The minimum atomic E-state index is -0.167. The normalized spacial score (nSPS) is 10.7. The van der Waals surface area contributed by atoms with E-state index < -0.39 is 0 Å². The Balaban J connectivity index is 1.26. The molecule has 6 nitrogen and oxygen atoms in total. The van der Waals surface area contributed by atoms with Crippen molar-refractivity contribution in [3.8, 4) is 0 Å². The van der Waals surface area contributed by atoms with Gasteiger partial charge < -0.3 is 21.1 Å². The Labute approximate surface area is 183 Å². The van der Waals surface area contributed by atoms with Crippen LogP contribution in [0.4, 0.5) is 11.5 Å². The first-order valence-corrected chi connectivity index (χ1v) is 10.6. The minimum absolute atomic E-state index is 0.167. The zero-order valence-corrected chi connectivity index (χ0v) is 17.7. The van der Waals surface area contributed by atoms with Crippen LogP contribution in [0.3, 0.4) is 0 Å². The Morgan fingerprint density at radius 1 is 0.935 bits per heavy atom. The number of anilines is 2. The van der Waals surface area contributed by atoms with Crippen LogP contribution >= 0.6 is 0 Å². The van der Waals surface area contributed by atoms with Crippen molar-refractivity contribution in [2.45, 2.75) is 32.4 Å². The number of rotatable bonds is 12. The number of hydrogen-bond acceptors (Lipinski definition) is 5. The number of nitrogen functional groups attached to an aromatic ring is 1.